The number of aryl methyl sites for hydroxylation is 2. The smallest absolute Gasteiger partial charge is 0.191 e. The van der Waals surface area contributed by atoms with Gasteiger partial charge in [-0.1, -0.05) is 37.3 Å². The molecule has 0 amide bonds. The number of hydrogen-bond donors (Lipinski definition) is 2. The minimum atomic E-state index is 0. The highest BCUT2D eigenvalue weighted by atomic mass is 127. The summed E-state index contributed by atoms with van der Waals surface area (Å²) in [4.78, 5) is 4.32. The topological polar surface area (TPSA) is 62.5 Å². The molecular formula is C17H31IN4O. The lowest BCUT2D eigenvalue weighted by Crippen LogP contribution is -2.39. The number of hydrogen-bond acceptors (Lipinski definition) is 3. The maximum Gasteiger partial charge on any atom is 0.191 e. The Bertz CT molecular complexity index is 459. The highest BCUT2D eigenvalue weighted by molar-refractivity contribution is 14.0. The standard InChI is InChI=1S/C17H30N4O.HI/c1-13-16(14(2)22-21-13)12-20-17(18-3)19-11-15-9-7-5-4-6-8-10-15;/h15H,4-12H2,1-3H3,(H2,18,19,20);1H. The van der Waals surface area contributed by atoms with Crippen molar-refractivity contribution in [1.82, 2.24) is 15.8 Å². The van der Waals surface area contributed by atoms with Gasteiger partial charge in [-0.05, 0) is 32.6 Å². The Morgan fingerprint density at radius 2 is 1.78 bits per heavy atom. The summed E-state index contributed by atoms with van der Waals surface area (Å²) >= 11 is 0. The van der Waals surface area contributed by atoms with Crippen molar-refractivity contribution in [2.45, 2.75) is 65.3 Å². The zero-order valence-corrected chi connectivity index (χ0v) is 17.0. The number of aliphatic imine (C=N–C) groups is 1. The summed E-state index contributed by atoms with van der Waals surface area (Å²) < 4.78 is 5.19. The number of rotatable bonds is 4. The first-order chi connectivity index (χ1) is 10.7. The van der Waals surface area contributed by atoms with E-state index in [0.717, 1.165) is 35.4 Å². The Balaban J connectivity index is 0.00000264. The monoisotopic (exact) mass is 434 g/mol. The van der Waals surface area contributed by atoms with Gasteiger partial charge in [0.25, 0.3) is 0 Å². The van der Waals surface area contributed by atoms with E-state index in [9.17, 15) is 0 Å². The molecule has 2 rings (SSSR count). The molecule has 0 atom stereocenters. The largest absolute Gasteiger partial charge is 0.361 e. The van der Waals surface area contributed by atoms with Crippen molar-refractivity contribution in [1.29, 1.82) is 0 Å². The molecule has 2 N–H and O–H groups in total. The van der Waals surface area contributed by atoms with E-state index in [1.165, 1.54) is 44.9 Å². The quantitative estimate of drug-likeness (QED) is 0.428. The first-order valence-electron chi connectivity index (χ1n) is 8.57. The van der Waals surface area contributed by atoms with E-state index >= 15 is 0 Å². The summed E-state index contributed by atoms with van der Waals surface area (Å²) in [5, 5.41) is 10.8. The second-order valence-electron chi connectivity index (χ2n) is 6.32. The van der Waals surface area contributed by atoms with Crippen LogP contribution in [-0.2, 0) is 6.54 Å². The van der Waals surface area contributed by atoms with Crippen molar-refractivity contribution >= 4 is 29.9 Å². The van der Waals surface area contributed by atoms with Gasteiger partial charge in [0, 0.05) is 25.7 Å². The van der Waals surface area contributed by atoms with Gasteiger partial charge in [0.2, 0.25) is 0 Å². The van der Waals surface area contributed by atoms with Crippen LogP contribution >= 0.6 is 24.0 Å². The summed E-state index contributed by atoms with van der Waals surface area (Å²) in [6.07, 6.45) is 9.64. The number of nitrogens with zero attached hydrogens (tertiary/aromatic N) is 2. The van der Waals surface area contributed by atoms with Gasteiger partial charge in [-0.3, -0.25) is 4.99 Å². The summed E-state index contributed by atoms with van der Waals surface area (Å²) in [6.45, 7) is 5.63. The lowest BCUT2D eigenvalue weighted by molar-refractivity contribution is 0.375. The van der Waals surface area contributed by atoms with E-state index in [2.05, 4.69) is 20.8 Å². The number of nitrogens with one attached hydrogen (secondary N) is 2. The van der Waals surface area contributed by atoms with Crippen molar-refractivity contribution in [3.8, 4) is 0 Å². The van der Waals surface area contributed by atoms with Crippen LogP contribution in [0.4, 0.5) is 0 Å². The van der Waals surface area contributed by atoms with Crippen LogP contribution in [0, 0.1) is 19.8 Å². The highest BCUT2D eigenvalue weighted by Gasteiger charge is 2.13. The number of aromatic nitrogens is 1. The average molecular weight is 434 g/mol. The van der Waals surface area contributed by atoms with Gasteiger partial charge in [0.15, 0.2) is 5.96 Å². The summed E-state index contributed by atoms with van der Waals surface area (Å²) in [5.74, 6) is 2.51. The molecule has 0 saturated heterocycles. The molecule has 1 fully saturated rings. The molecular weight excluding hydrogens is 403 g/mol. The third kappa shape index (κ3) is 6.69. The van der Waals surface area contributed by atoms with Gasteiger partial charge in [-0.25, -0.2) is 0 Å². The summed E-state index contributed by atoms with van der Waals surface area (Å²) in [5.41, 5.74) is 2.06. The minimum Gasteiger partial charge on any atom is -0.361 e. The zero-order valence-electron chi connectivity index (χ0n) is 14.7. The fourth-order valence-corrected chi connectivity index (χ4v) is 3.13. The molecule has 23 heavy (non-hydrogen) atoms. The molecule has 132 valence electrons. The molecule has 1 aromatic rings. The first kappa shape index (κ1) is 20.3. The van der Waals surface area contributed by atoms with Gasteiger partial charge >= 0.3 is 0 Å². The molecule has 1 aromatic heterocycles. The van der Waals surface area contributed by atoms with E-state index in [1.54, 1.807) is 0 Å². The third-order valence-corrected chi connectivity index (χ3v) is 4.62. The van der Waals surface area contributed by atoms with Crippen molar-refractivity contribution in [2.75, 3.05) is 13.6 Å². The van der Waals surface area contributed by atoms with Crippen LogP contribution in [0.15, 0.2) is 9.52 Å². The molecule has 6 heteroatoms. The molecule has 1 heterocycles. The molecule has 1 saturated carbocycles. The van der Waals surface area contributed by atoms with E-state index in [4.69, 9.17) is 4.52 Å². The number of halogens is 1. The molecule has 0 bridgehead atoms. The maximum absolute atomic E-state index is 5.19. The molecule has 0 radical (unpaired) electrons. The van der Waals surface area contributed by atoms with Gasteiger partial charge in [-0.15, -0.1) is 24.0 Å². The number of guanidine groups is 1. The average Bonchev–Trinajstić information content (AvgIpc) is 2.80. The second kappa shape index (κ2) is 10.9. The second-order valence-corrected chi connectivity index (χ2v) is 6.32. The Morgan fingerprint density at radius 3 is 2.35 bits per heavy atom. The van der Waals surface area contributed by atoms with Gasteiger partial charge in [-0.2, -0.15) is 0 Å². The van der Waals surface area contributed by atoms with Crippen molar-refractivity contribution in [2.24, 2.45) is 10.9 Å². The van der Waals surface area contributed by atoms with E-state index in [1.807, 2.05) is 20.9 Å². The van der Waals surface area contributed by atoms with Gasteiger partial charge in [0.1, 0.15) is 5.76 Å². The van der Waals surface area contributed by atoms with Crippen LogP contribution in [0.1, 0.15) is 62.0 Å². The van der Waals surface area contributed by atoms with Crippen molar-refractivity contribution in [3.05, 3.63) is 17.0 Å². The molecule has 5 nitrogen and oxygen atoms in total. The normalized spacial score (nSPS) is 17.1. The Kier molecular flexibility index (Phi) is 9.59. The summed E-state index contributed by atoms with van der Waals surface area (Å²) in [6, 6.07) is 0. The van der Waals surface area contributed by atoms with Crippen LogP contribution in [0.2, 0.25) is 0 Å². The van der Waals surface area contributed by atoms with Crippen LogP contribution in [0.5, 0.6) is 0 Å². The molecule has 0 spiro atoms. The molecule has 0 aromatic carbocycles. The first-order valence-corrected chi connectivity index (χ1v) is 8.57. The van der Waals surface area contributed by atoms with Crippen LogP contribution < -0.4 is 10.6 Å². The lowest BCUT2D eigenvalue weighted by Gasteiger charge is -2.21. The van der Waals surface area contributed by atoms with E-state index < -0.39 is 0 Å². The van der Waals surface area contributed by atoms with E-state index in [0.29, 0.717) is 6.54 Å². The van der Waals surface area contributed by atoms with Gasteiger partial charge < -0.3 is 15.2 Å². The molecule has 1 aliphatic rings. The lowest BCUT2D eigenvalue weighted by atomic mass is 9.91. The molecule has 0 unspecified atom stereocenters. The predicted molar refractivity (Wildman–Crippen MR) is 105 cm³/mol. The zero-order chi connectivity index (χ0) is 15.8. The SMILES string of the molecule is CN=C(NCc1c(C)noc1C)NCC1CCCCCCC1.I. The van der Waals surface area contributed by atoms with Crippen molar-refractivity contribution in [3.63, 3.8) is 0 Å². The van der Waals surface area contributed by atoms with Gasteiger partial charge in [0.05, 0.1) is 5.69 Å². The Hall–Kier alpha value is -0.790. The third-order valence-electron chi connectivity index (χ3n) is 4.62. The summed E-state index contributed by atoms with van der Waals surface area (Å²) in [7, 11) is 1.82. The fourth-order valence-electron chi connectivity index (χ4n) is 3.13. The van der Waals surface area contributed by atoms with E-state index in [-0.39, 0.29) is 24.0 Å². The van der Waals surface area contributed by atoms with Crippen LogP contribution in [0.3, 0.4) is 0 Å². The van der Waals surface area contributed by atoms with Crippen LogP contribution in [-0.4, -0.2) is 24.7 Å². The molecule has 0 aliphatic heterocycles. The fraction of sp³-hybridized carbons (Fsp3) is 0.765. The Morgan fingerprint density at radius 1 is 1.13 bits per heavy atom. The molecule has 1 aliphatic carbocycles. The van der Waals surface area contributed by atoms with Crippen molar-refractivity contribution < 1.29 is 4.52 Å². The Labute approximate surface area is 157 Å². The van der Waals surface area contributed by atoms with Crippen LogP contribution in [0.25, 0.3) is 0 Å². The minimum absolute atomic E-state index is 0. The highest BCUT2D eigenvalue weighted by Crippen LogP contribution is 2.21. The maximum atomic E-state index is 5.19. The predicted octanol–water partition coefficient (Wildman–Crippen LogP) is 3.93.